The zero-order valence-corrected chi connectivity index (χ0v) is 19.7. The molecule has 3 aromatic rings. The summed E-state index contributed by atoms with van der Waals surface area (Å²) >= 11 is 12.6. The zero-order valence-electron chi connectivity index (χ0n) is 18.2. The molecule has 8 heteroatoms. The molecule has 2 bridgehead atoms. The summed E-state index contributed by atoms with van der Waals surface area (Å²) in [5, 5.41) is 10.6. The molecule has 0 spiro atoms. The van der Waals surface area contributed by atoms with Crippen LogP contribution in [0.15, 0.2) is 24.4 Å². The van der Waals surface area contributed by atoms with E-state index in [4.69, 9.17) is 28.3 Å². The third kappa shape index (κ3) is 3.11. The molecule has 2 atom stereocenters. The van der Waals surface area contributed by atoms with Crippen LogP contribution in [0.1, 0.15) is 71.4 Å². The van der Waals surface area contributed by atoms with Gasteiger partial charge < -0.3 is 4.90 Å². The maximum absolute atomic E-state index is 13.8. The van der Waals surface area contributed by atoms with E-state index in [1.807, 2.05) is 35.6 Å². The van der Waals surface area contributed by atoms with Gasteiger partial charge in [0, 0.05) is 47.2 Å². The number of rotatable bonds is 3. The number of piperidine rings is 1. The number of aryl methyl sites for hydroxylation is 2. The fourth-order valence-corrected chi connectivity index (χ4v) is 6.32. The standard InChI is InChI=1S/C24H25Cl2N5O/c1-29-22(13-6-7-13)19(12-27-29)24(32)31-17-4-3-5-20(31)21-18(11-17)23(30(2)28-21)14-8-15(25)10-16(26)9-14/h8-10,12-13,17,20H,3-7,11H2,1-2H3/t17-,20+/m0/s1. The molecule has 0 radical (unpaired) electrons. The van der Waals surface area contributed by atoms with Crippen molar-refractivity contribution in [1.29, 1.82) is 0 Å². The predicted octanol–water partition coefficient (Wildman–Crippen LogP) is 5.30. The fraction of sp³-hybridized carbons (Fsp3) is 0.458. The summed E-state index contributed by atoms with van der Waals surface area (Å²) in [5.41, 5.74) is 6.12. The molecule has 2 aliphatic heterocycles. The van der Waals surface area contributed by atoms with Crippen LogP contribution in [0.25, 0.3) is 11.3 Å². The smallest absolute Gasteiger partial charge is 0.258 e. The van der Waals surface area contributed by atoms with Crippen LogP contribution in [-0.4, -0.2) is 36.4 Å². The summed E-state index contributed by atoms with van der Waals surface area (Å²) in [7, 11) is 3.91. The van der Waals surface area contributed by atoms with E-state index in [-0.39, 0.29) is 18.0 Å². The number of carbonyl (C=O) groups is 1. The number of fused-ring (bicyclic) bond motifs is 4. The normalized spacial score (nSPS) is 22.2. The van der Waals surface area contributed by atoms with Gasteiger partial charge in [0.25, 0.3) is 5.91 Å². The van der Waals surface area contributed by atoms with E-state index in [9.17, 15) is 4.79 Å². The summed E-state index contributed by atoms with van der Waals surface area (Å²) < 4.78 is 3.81. The van der Waals surface area contributed by atoms with Crippen LogP contribution in [0, 0.1) is 0 Å². The summed E-state index contributed by atoms with van der Waals surface area (Å²) in [4.78, 5) is 16.0. The Balaban J connectivity index is 1.43. The lowest BCUT2D eigenvalue weighted by Gasteiger charge is -2.45. The Bertz CT molecular complexity index is 1220. The van der Waals surface area contributed by atoms with Crippen LogP contribution in [0.5, 0.6) is 0 Å². The largest absolute Gasteiger partial charge is 0.327 e. The number of amides is 1. The molecule has 2 aromatic heterocycles. The third-order valence-corrected chi connectivity index (χ3v) is 7.66. The highest BCUT2D eigenvalue weighted by atomic mass is 35.5. The Morgan fingerprint density at radius 1 is 1.03 bits per heavy atom. The van der Waals surface area contributed by atoms with Crippen molar-refractivity contribution in [3.05, 3.63) is 57.0 Å². The minimum atomic E-state index is -0.00753. The molecule has 0 unspecified atom stereocenters. The molecule has 1 saturated carbocycles. The average molecular weight is 470 g/mol. The lowest BCUT2D eigenvalue weighted by molar-refractivity contribution is 0.0390. The number of nitrogens with zero attached hydrogens (tertiary/aromatic N) is 5. The van der Waals surface area contributed by atoms with Gasteiger partial charge in [-0.15, -0.1) is 0 Å². The van der Waals surface area contributed by atoms with E-state index in [2.05, 4.69) is 10.00 Å². The van der Waals surface area contributed by atoms with Gasteiger partial charge in [0.1, 0.15) is 0 Å². The molecule has 1 aliphatic carbocycles. The number of hydrogen-bond donors (Lipinski definition) is 0. The van der Waals surface area contributed by atoms with Gasteiger partial charge >= 0.3 is 0 Å². The SMILES string of the molecule is Cn1nc2c(c1-c1cc(Cl)cc(Cl)c1)C[C@@H]1CCC[C@H]2N1C(=O)c1cnn(C)c1C1CC1. The van der Waals surface area contributed by atoms with E-state index >= 15 is 0 Å². The minimum absolute atomic E-state index is 0.00753. The van der Waals surface area contributed by atoms with Gasteiger partial charge in [-0.2, -0.15) is 10.2 Å². The summed E-state index contributed by atoms with van der Waals surface area (Å²) in [6, 6.07) is 5.78. The first-order valence-corrected chi connectivity index (χ1v) is 12.0. The molecular weight excluding hydrogens is 445 g/mol. The Morgan fingerprint density at radius 2 is 1.78 bits per heavy atom. The van der Waals surface area contributed by atoms with E-state index < -0.39 is 0 Å². The second-order valence-corrected chi connectivity index (χ2v) is 10.2. The topological polar surface area (TPSA) is 56.0 Å². The summed E-state index contributed by atoms with van der Waals surface area (Å²) in [6.07, 6.45) is 7.89. The molecule has 3 aliphatic rings. The highest BCUT2D eigenvalue weighted by Crippen LogP contribution is 2.47. The Hall–Kier alpha value is -2.31. The number of halogens is 2. The maximum atomic E-state index is 13.8. The van der Waals surface area contributed by atoms with Gasteiger partial charge in [0.15, 0.2) is 0 Å². The first kappa shape index (κ1) is 20.3. The van der Waals surface area contributed by atoms with Crippen LogP contribution < -0.4 is 0 Å². The molecule has 32 heavy (non-hydrogen) atoms. The number of carbonyl (C=O) groups excluding carboxylic acids is 1. The van der Waals surface area contributed by atoms with Crippen molar-refractivity contribution in [2.45, 2.75) is 56.5 Å². The average Bonchev–Trinajstić information content (AvgIpc) is 3.42. The molecular formula is C24H25Cl2N5O. The van der Waals surface area contributed by atoms with Crippen molar-refractivity contribution in [2.75, 3.05) is 0 Å². The van der Waals surface area contributed by atoms with E-state index in [1.54, 1.807) is 12.3 Å². The number of aromatic nitrogens is 4. The monoisotopic (exact) mass is 469 g/mol. The van der Waals surface area contributed by atoms with Gasteiger partial charge in [-0.3, -0.25) is 14.2 Å². The predicted molar refractivity (Wildman–Crippen MR) is 124 cm³/mol. The van der Waals surface area contributed by atoms with Crippen LogP contribution in [-0.2, 0) is 20.5 Å². The molecule has 0 N–H and O–H groups in total. The molecule has 4 heterocycles. The Morgan fingerprint density at radius 3 is 2.50 bits per heavy atom. The lowest BCUT2D eigenvalue weighted by Crippen LogP contribution is -2.50. The number of benzene rings is 1. The van der Waals surface area contributed by atoms with Gasteiger partial charge in [-0.05, 0) is 56.7 Å². The first-order chi connectivity index (χ1) is 15.4. The van der Waals surface area contributed by atoms with Crippen molar-refractivity contribution >= 4 is 29.1 Å². The van der Waals surface area contributed by atoms with Crippen molar-refractivity contribution in [1.82, 2.24) is 24.5 Å². The highest BCUT2D eigenvalue weighted by Gasteiger charge is 2.45. The second kappa shape index (κ2) is 7.35. The van der Waals surface area contributed by atoms with Gasteiger partial charge in [0.05, 0.1) is 34.9 Å². The van der Waals surface area contributed by atoms with E-state index in [1.165, 1.54) is 5.56 Å². The molecule has 1 saturated heterocycles. The Labute approximate surface area is 197 Å². The summed E-state index contributed by atoms with van der Waals surface area (Å²) in [6.45, 7) is 0. The molecule has 2 fully saturated rings. The van der Waals surface area contributed by atoms with E-state index in [0.29, 0.717) is 16.0 Å². The first-order valence-electron chi connectivity index (χ1n) is 11.3. The van der Waals surface area contributed by atoms with E-state index in [0.717, 1.165) is 66.7 Å². The molecule has 1 amide bonds. The lowest BCUT2D eigenvalue weighted by atomic mass is 9.81. The summed E-state index contributed by atoms with van der Waals surface area (Å²) in [5.74, 6) is 0.578. The van der Waals surface area contributed by atoms with Crippen LogP contribution >= 0.6 is 23.2 Å². The molecule has 6 nitrogen and oxygen atoms in total. The van der Waals surface area contributed by atoms with Crippen LogP contribution in [0.3, 0.4) is 0 Å². The number of hydrogen-bond acceptors (Lipinski definition) is 3. The molecule has 1 aromatic carbocycles. The second-order valence-electron chi connectivity index (χ2n) is 9.35. The van der Waals surface area contributed by atoms with Gasteiger partial charge in [0.2, 0.25) is 0 Å². The van der Waals surface area contributed by atoms with Crippen LogP contribution in [0.4, 0.5) is 0 Å². The quantitative estimate of drug-likeness (QED) is 0.522. The van der Waals surface area contributed by atoms with Gasteiger partial charge in [-0.1, -0.05) is 23.2 Å². The minimum Gasteiger partial charge on any atom is -0.327 e. The fourth-order valence-electron chi connectivity index (χ4n) is 5.79. The van der Waals surface area contributed by atoms with Crippen molar-refractivity contribution in [2.24, 2.45) is 14.1 Å². The maximum Gasteiger partial charge on any atom is 0.258 e. The van der Waals surface area contributed by atoms with Crippen molar-refractivity contribution < 1.29 is 4.79 Å². The Kier molecular flexibility index (Phi) is 4.67. The molecule has 6 rings (SSSR count). The third-order valence-electron chi connectivity index (χ3n) is 7.23. The zero-order chi connectivity index (χ0) is 22.1. The van der Waals surface area contributed by atoms with Crippen molar-refractivity contribution in [3.8, 4) is 11.3 Å². The van der Waals surface area contributed by atoms with Crippen LogP contribution in [0.2, 0.25) is 10.0 Å². The van der Waals surface area contributed by atoms with Crippen molar-refractivity contribution in [3.63, 3.8) is 0 Å². The van der Waals surface area contributed by atoms with Gasteiger partial charge in [-0.25, -0.2) is 0 Å². The highest BCUT2D eigenvalue weighted by molar-refractivity contribution is 6.35. The molecule has 166 valence electrons.